The van der Waals surface area contributed by atoms with Crippen molar-refractivity contribution < 1.29 is 14.3 Å². The Morgan fingerprint density at radius 2 is 1.84 bits per heavy atom. The Balaban J connectivity index is 1.44. The van der Waals surface area contributed by atoms with Gasteiger partial charge in [-0.05, 0) is 54.5 Å². The van der Waals surface area contributed by atoms with E-state index in [4.69, 9.17) is 21.7 Å². The van der Waals surface area contributed by atoms with Crippen LogP contribution in [0.25, 0.3) is 21.9 Å². The molecule has 0 bridgehead atoms. The predicted octanol–water partition coefficient (Wildman–Crippen LogP) is 3.65. The maximum Gasteiger partial charge on any atom is 0.278 e. The van der Waals surface area contributed by atoms with Crippen LogP contribution in [0.5, 0.6) is 11.5 Å². The Bertz CT molecular complexity index is 1400. The van der Waals surface area contributed by atoms with Crippen LogP contribution in [0.1, 0.15) is 18.4 Å². The second-order valence-corrected chi connectivity index (χ2v) is 7.79. The second kappa shape index (κ2) is 9.27. The number of nitrogens with zero attached hydrogens (tertiary/aromatic N) is 1. The van der Waals surface area contributed by atoms with Gasteiger partial charge in [-0.1, -0.05) is 12.1 Å². The summed E-state index contributed by atoms with van der Waals surface area (Å²) in [5, 5.41) is 3.73. The fourth-order valence-electron chi connectivity index (χ4n) is 3.66. The molecule has 2 heterocycles. The lowest BCUT2D eigenvalue weighted by Crippen LogP contribution is -2.25. The molecule has 0 aliphatic rings. The van der Waals surface area contributed by atoms with Gasteiger partial charge in [0.25, 0.3) is 5.56 Å². The largest absolute Gasteiger partial charge is 0.497 e. The van der Waals surface area contributed by atoms with Crippen molar-refractivity contribution in [2.45, 2.75) is 25.9 Å². The van der Waals surface area contributed by atoms with Gasteiger partial charge in [0, 0.05) is 30.4 Å². The van der Waals surface area contributed by atoms with Gasteiger partial charge in [-0.2, -0.15) is 0 Å². The lowest BCUT2D eigenvalue weighted by Gasteiger charge is -2.08. The number of fused-ring (bicyclic) bond motifs is 3. The zero-order valence-electron chi connectivity index (χ0n) is 17.9. The van der Waals surface area contributed by atoms with E-state index in [0.717, 1.165) is 22.2 Å². The lowest BCUT2D eigenvalue weighted by atomic mass is 10.2. The van der Waals surface area contributed by atoms with Crippen molar-refractivity contribution in [1.29, 1.82) is 0 Å². The quantitative estimate of drug-likeness (QED) is 0.354. The van der Waals surface area contributed by atoms with Crippen molar-refractivity contribution in [3.8, 4) is 11.5 Å². The number of carbonyl (C=O) groups excluding carboxylic acids is 1. The molecule has 3 N–H and O–H groups in total. The predicted molar refractivity (Wildman–Crippen MR) is 126 cm³/mol. The number of amides is 1. The van der Waals surface area contributed by atoms with Gasteiger partial charge in [-0.3, -0.25) is 14.2 Å². The fourth-order valence-corrected chi connectivity index (χ4v) is 3.94. The van der Waals surface area contributed by atoms with E-state index in [1.165, 1.54) is 4.57 Å². The first-order valence-corrected chi connectivity index (χ1v) is 10.6. The second-order valence-electron chi connectivity index (χ2n) is 7.41. The van der Waals surface area contributed by atoms with E-state index >= 15 is 0 Å². The highest BCUT2D eigenvalue weighted by atomic mass is 32.1. The molecule has 0 spiro atoms. The number of hydrogen-bond donors (Lipinski definition) is 3. The van der Waals surface area contributed by atoms with Crippen molar-refractivity contribution in [3.63, 3.8) is 0 Å². The van der Waals surface area contributed by atoms with Crippen LogP contribution in [0.2, 0.25) is 0 Å². The summed E-state index contributed by atoms with van der Waals surface area (Å²) in [6.07, 6.45) is 0.772. The highest BCUT2D eigenvalue weighted by Gasteiger charge is 2.13. The minimum absolute atomic E-state index is 0.0884. The average Bonchev–Trinajstić information content (AvgIpc) is 3.17. The number of nitrogens with one attached hydrogen (secondary N) is 3. The van der Waals surface area contributed by atoms with E-state index in [1.54, 1.807) is 14.2 Å². The maximum atomic E-state index is 13.0. The summed E-state index contributed by atoms with van der Waals surface area (Å²) in [5.41, 5.74) is 2.66. The zero-order valence-corrected chi connectivity index (χ0v) is 18.7. The molecule has 1 amide bonds. The van der Waals surface area contributed by atoms with E-state index in [0.29, 0.717) is 41.1 Å². The molecule has 4 rings (SSSR count). The first-order chi connectivity index (χ1) is 15.5. The number of hydrogen-bond acceptors (Lipinski definition) is 5. The highest BCUT2D eigenvalue weighted by molar-refractivity contribution is 7.71. The van der Waals surface area contributed by atoms with Crippen LogP contribution in [0.3, 0.4) is 0 Å². The number of ether oxygens (including phenoxy) is 2. The molecular formula is C23H24N4O4S. The minimum Gasteiger partial charge on any atom is -0.497 e. The fraction of sp³-hybridized carbons (Fsp3) is 0.261. The topological polar surface area (TPSA) is 101 Å². The Kier molecular flexibility index (Phi) is 6.27. The summed E-state index contributed by atoms with van der Waals surface area (Å²) in [5.74, 6) is 1.35. The smallest absolute Gasteiger partial charge is 0.278 e. The summed E-state index contributed by atoms with van der Waals surface area (Å²) in [6.45, 7) is 0.760. The average molecular weight is 453 g/mol. The van der Waals surface area contributed by atoms with Crippen molar-refractivity contribution in [2.75, 3.05) is 14.2 Å². The Morgan fingerprint density at radius 3 is 2.62 bits per heavy atom. The van der Waals surface area contributed by atoms with Crippen LogP contribution in [0, 0.1) is 4.77 Å². The monoisotopic (exact) mass is 452 g/mol. The molecule has 0 unspecified atom stereocenters. The Labute approximate surface area is 189 Å². The van der Waals surface area contributed by atoms with Crippen molar-refractivity contribution in [2.24, 2.45) is 0 Å². The molecule has 2 aromatic heterocycles. The maximum absolute atomic E-state index is 13.0. The highest BCUT2D eigenvalue weighted by Crippen LogP contribution is 2.25. The third-order valence-electron chi connectivity index (χ3n) is 5.35. The molecule has 0 atom stereocenters. The van der Waals surface area contributed by atoms with Crippen LogP contribution >= 0.6 is 12.2 Å². The number of carbonyl (C=O) groups is 1. The number of aromatic nitrogens is 3. The van der Waals surface area contributed by atoms with E-state index in [1.807, 2.05) is 42.5 Å². The Morgan fingerprint density at radius 1 is 1.06 bits per heavy atom. The van der Waals surface area contributed by atoms with E-state index in [-0.39, 0.29) is 17.9 Å². The molecular weight excluding hydrogens is 428 g/mol. The summed E-state index contributed by atoms with van der Waals surface area (Å²) in [6, 6.07) is 13.1. The van der Waals surface area contributed by atoms with E-state index < -0.39 is 0 Å². The van der Waals surface area contributed by atoms with Crippen LogP contribution in [-0.2, 0) is 17.9 Å². The number of methoxy groups -OCH3 is 2. The zero-order chi connectivity index (χ0) is 22.7. The molecule has 0 aliphatic carbocycles. The van der Waals surface area contributed by atoms with Gasteiger partial charge in [0.15, 0.2) is 4.77 Å². The molecule has 0 radical (unpaired) electrons. The third-order valence-corrected chi connectivity index (χ3v) is 5.67. The molecule has 8 nitrogen and oxygen atoms in total. The third kappa shape index (κ3) is 4.38. The molecule has 32 heavy (non-hydrogen) atoms. The van der Waals surface area contributed by atoms with Gasteiger partial charge >= 0.3 is 0 Å². The van der Waals surface area contributed by atoms with Gasteiger partial charge in [0.1, 0.15) is 17.0 Å². The number of benzene rings is 2. The van der Waals surface area contributed by atoms with Crippen LogP contribution in [0.15, 0.2) is 47.3 Å². The molecule has 166 valence electrons. The van der Waals surface area contributed by atoms with Crippen molar-refractivity contribution in [3.05, 3.63) is 63.2 Å². The van der Waals surface area contributed by atoms with E-state index in [9.17, 15) is 9.59 Å². The number of aromatic amines is 2. The first kappa shape index (κ1) is 21.6. The number of H-pyrrole nitrogens is 2. The summed E-state index contributed by atoms with van der Waals surface area (Å²) < 4.78 is 12.3. The molecule has 0 fully saturated rings. The van der Waals surface area contributed by atoms with Crippen LogP contribution < -0.4 is 20.3 Å². The summed E-state index contributed by atoms with van der Waals surface area (Å²) in [4.78, 5) is 31.6. The van der Waals surface area contributed by atoms with Gasteiger partial charge in [-0.25, -0.2) is 0 Å². The van der Waals surface area contributed by atoms with Crippen molar-refractivity contribution in [1.82, 2.24) is 19.9 Å². The SMILES string of the molecule is COc1cccc(CNC(=O)CCCn2c(=S)[nH]c3c([nH]c4ccc(OC)cc43)c2=O)c1. The normalized spacial score (nSPS) is 11.1. The lowest BCUT2D eigenvalue weighted by molar-refractivity contribution is -0.121. The van der Waals surface area contributed by atoms with Crippen molar-refractivity contribution >= 4 is 40.1 Å². The standard InChI is InChI=1S/C23H24N4O4S/c1-30-15-6-3-5-14(11-15)13-24-19(28)7-4-10-27-22(29)21-20(26-23(27)32)17-12-16(31-2)8-9-18(17)25-21/h3,5-6,8-9,11-12,25H,4,7,10,13H2,1-2H3,(H,24,28)(H,26,32). The van der Waals surface area contributed by atoms with Gasteiger partial charge in [0.2, 0.25) is 5.91 Å². The molecule has 0 saturated carbocycles. The van der Waals surface area contributed by atoms with E-state index in [2.05, 4.69) is 15.3 Å². The molecule has 9 heteroatoms. The Hall–Kier alpha value is -3.59. The molecule has 4 aromatic rings. The summed E-state index contributed by atoms with van der Waals surface area (Å²) in [7, 11) is 3.20. The van der Waals surface area contributed by atoms with Gasteiger partial charge in [-0.15, -0.1) is 0 Å². The molecule has 0 saturated heterocycles. The molecule has 0 aliphatic heterocycles. The molecule has 2 aromatic carbocycles. The van der Waals surface area contributed by atoms with Crippen LogP contribution in [-0.4, -0.2) is 34.7 Å². The van der Waals surface area contributed by atoms with Crippen LogP contribution in [0.4, 0.5) is 0 Å². The van der Waals surface area contributed by atoms with Gasteiger partial charge in [0.05, 0.1) is 19.7 Å². The first-order valence-electron chi connectivity index (χ1n) is 10.2. The minimum atomic E-state index is -0.212. The van der Waals surface area contributed by atoms with Gasteiger partial charge < -0.3 is 24.8 Å². The number of rotatable bonds is 8. The summed E-state index contributed by atoms with van der Waals surface area (Å²) >= 11 is 5.42.